The number of hydrogen-bond donors (Lipinski definition) is 3. The highest BCUT2D eigenvalue weighted by atomic mass is 19.1. The zero-order valence-electron chi connectivity index (χ0n) is 19.3. The number of benzene rings is 3. The second kappa shape index (κ2) is 9.80. The molecule has 4 rings (SSSR count). The Bertz CT molecular complexity index is 1330. The van der Waals surface area contributed by atoms with Crippen LogP contribution in [0.5, 0.6) is 0 Å². The van der Waals surface area contributed by atoms with Crippen molar-refractivity contribution in [2.45, 2.75) is 19.8 Å². The van der Waals surface area contributed by atoms with Crippen LogP contribution in [0.15, 0.2) is 66.7 Å². The fourth-order valence-electron chi connectivity index (χ4n) is 3.86. The number of carboxylic acids is 1. The number of nitrogens with zero attached hydrogens (tertiary/aromatic N) is 1. The van der Waals surface area contributed by atoms with Gasteiger partial charge in [0.25, 0.3) is 5.91 Å². The minimum Gasteiger partial charge on any atom is -0.481 e. The first kappa shape index (κ1) is 23.7. The fourth-order valence-corrected chi connectivity index (χ4v) is 3.86. The monoisotopic (exact) mass is 473 g/mol. The number of hydrogen-bond acceptors (Lipinski definition) is 4. The van der Waals surface area contributed by atoms with Gasteiger partial charge in [-0.3, -0.25) is 14.4 Å². The van der Waals surface area contributed by atoms with Crippen molar-refractivity contribution in [1.29, 1.82) is 0 Å². The number of fused-ring (bicyclic) bond motifs is 1. The number of carboxylic acid groups (broad SMARTS) is 1. The Morgan fingerprint density at radius 2 is 1.71 bits per heavy atom. The number of aryl methyl sites for hydroxylation is 1. The summed E-state index contributed by atoms with van der Waals surface area (Å²) < 4.78 is 13.8. The molecule has 0 aliphatic carbocycles. The number of rotatable bonds is 7. The maximum atomic E-state index is 13.8. The lowest BCUT2D eigenvalue weighted by Crippen LogP contribution is -2.22. The van der Waals surface area contributed by atoms with Crippen molar-refractivity contribution in [3.8, 4) is 0 Å². The van der Waals surface area contributed by atoms with E-state index in [9.17, 15) is 18.8 Å². The van der Waals surface area contributed by atoms with Crippen LogP contribution in [0, 0.1) is 5.82 Å². The maximum absolute atomic E-state index is 13.8. The van der Waals surface area contributed by atoms with Gasteiger partial charge in [-0.05, 0) is 60.0 Å². The Balaban J connectivity index is 1.75. The van der Waals surface area contributed by atoms with Crippen LogP contribution in [-0.4, -0.2) is 29.9 Å². The van der Waals surface area contributed by atoms with E-state index in [-0.39, 0.29) is 18.2 Å². The number of anilines is 3. The van der Waals surface area contributed by atoms with Crippen molar-refractivity contribution in [1.82, 2.24) is 0 Å². The van der Waals surface area contributed by atoms with Crippen LogP contribution in [0.2, 0.25) is 0 Å². The molecule has 0 saturated carbocycles. The molecule has 8 heteroatoms. The predicted octanol–water partition coefficient (Wildman–Crippen LogP) is 4.76. The van der Waals surface area contributed by atoms with E-state index in [0.717, 1.165) is 11.3 Å². The van der Waals surface area contributed by atoms with Crippen molar-refractivity contribution in [3.63, 3.8) is 0 Å². The summed E-state index contributed by atoms with van der Waals surface area (Å²) in [6.07, 6.45) is 0.413. The van der Waals surface area contributed by atoms with E-state index < -0.39 is 11.8 Å². The van der Waals surface area contributed by atoms with E-state index in [2.05, 4.69) is 10.6 Å². The van der Waals surface area contributed by atoms with Gasteiger partial charge in [-0.2, -0.15) is 0 Å². The van der Waals surface area contributed by atoms with Crippen LogP contribution in [0.3, 0.4) is 0 Å². The normalized spacial score (nSPS) is 13.6. The van der Waals surface area contributed by atoms with Gasteiger partial charge in [-0.25, -0.2) is 4.39 Å². The van der Waals surface area contributed by atoms with Crippen molar-refractivity contribution in [2.24, 2.45) is 0 Å². The molecule has 7 nitrogen and oxygen atoms in total. The molecule has 0 aromatic heterocycles. The third kappa shape index (κ3) is 5.22. The Morgan fingerprint density at radius 1 is 1.03 bits per heavy atom. The molecule has 0 saturated heterocycles. The number of nitrogens with one attached hydrogen (secondary N) is 2. The van der Waals surface area contributed by atoms with Gasteiger partial charge < -0.3 is 20.6 Å². The molecular weight excluding hydrogens is 449 g/mol. The molecule has 0 unspecified atom stereocenters. The van der Waals surface area contributed by atoms with E-state index in [1.165, 1.54) is 24.0 Å². The largest absolute Gasteiger partial charge is 0.481 e. The summed E-state index contributed by atoms with van der Waals surface area (Å²) in [5, 5.41) is 15.0. The molecule has 3 aromatic rings. The van der Waals surface area contributed by atoms with Crippen LogP contribution in [-0.2, 0) is 20.8 Å². The number of amides is 2. The Labute approximate surface area is 201 Å². The fraction of sp³-hybridized carbons (Fsp3) is 0.148. The Hall–Kier alpha value is -4.46. The molecule has 1 aliphatic heterocycles. The van der Waals surface area contributed by atoms with Gasteiger partial charge in [0, 0.05) is 37.3 Å². The summed E-state index contributed by atoms with van der Waals surface area (Å²) in [5.74, 6) is -1.78. The summed E-state index contributed by atoms with van der Waals surface area (Å²) in [6, 6.07) is 18.6. The zero-order valence-corrected chi connectivity index (χ0v) is 19.3. The standard InChI is InChI=1S/C27H24FN3O4/c1-16(32)31(2)21-11-9-20(10-12-21)29-26(18-6-3-17(4-7-18)5-14-24(33)34)25-22-13-8-19(28)15-23(22)30-27(25)35/h3-4,6-13,15,29H,5,14H2,1-2H3,(H,30,35)(H,33,34)/b26-25-. The lowest BCUT2D eigenvalue weighted by atomic mass is 9.98. The van der Waals surface area contributed by atoms with Gasteiger partial charge in [-0.15, -0.1) is 0 Å². The van der Waals surface area contributed by atoms with E-state index in [4.69, 9.17) is 5.11 Å². The first-order valence-electron chi connectivity index (χ1n) is 11.0. The molecule has 0 fully saturated rings. The Kier molecular flexibility index (Phi) is 6.64. The van der Waals surface area contributed by atoms with Gasteiger partial charge in [-0.1, -0.05) is 24.3 Å². The molecule has 1 aliphatic rings. The smallest absolute Gasteiger partial charge is 0.303 e. The van der Waals surface area contributed by atoms with Crippen LogP contribution < -0.4 is 15.5 Å². The molecule has 0 atom stereocenters. The first-order chi connectivity index (χ1) is 16.7. The lowest BCUT2D eigenvalue weighted by Gasteiger charge is -2.18. The molecule has 178 valence electrons. The predicted molar refractivity (Wildman–Crippen MR) is 133 cm³/mol. The third-order valence-corrected chi connectivity index (χ3v) is 5.84. The van der Waals surface area contributed by atoms with Gasteiger partial charge in [0.15, 0.2) is 0 Å². The quantitative estimate of drug-likeness (QED) is 0.430. The molecular formula is C27H24FN3O4. The summed E-state index contributed by atoms with van der Waals surface area (Å²) >= 11 is 0. The number of aliphatic carboxylic acids is 1. The zero-order chi connectivity index (χ0) is 25.1. The molecule has 0 bridgehead atoms. The highest BCUT2D eigenvalue weighted by Crippen LogP contribution is 2.38. The molecule has 1 heterocycles. The van der Waals surface area contributed by atoms with Crippen LogP contribution in [0.4, 0.5) is 21.5 Å². The third-order valence-electron chi connectivity index (χ3n) is 5.84. The molecule has 3 aromatic carbocycles. The summed E-state index contributed by atoms with van der Waals surface area (Å²) in [5.41, 5.74) is 4.81. The second-order valence-corrected chi connectivity index (χ2v) is 8.23. The lowest BCUT2D eigenvalue weighted by molar-refractivity contribution is -0.137. The number of carbonyl (C=O) groups excluding carboxylic acids is 2. The summed E-state index contributed by atoms with van der Waals surface area (Å²) in [6.45, 7) is 1.48. The molecule has 35 heavy (non-hydrogen) atoms. The molecule has 2 amide bonds. The minimum absolute atomic E-state index is 0.0218. The first-order valence-corrected chi connectivity index (χ1v) is 11.0. The van der Waals surface area contributed by atoms with Crippen LogP contribution >= 0.6 is 0 Å². The van der Waals surface area contributed by atoms with Crippen molar-refractivity contribution in [2.75, 3.05) is 22.6 Å². The van der Waals surface area contributed by atoms with Gasteiger partial charge >= 0.3 is 5.97 Å². The highest BCUT2D eigenvalue weighted by molar-refractivity contribution is 6.37. The number of halogens is 1. The van der Waals surface area contributed by atoms with E-state index >= 15 is 0 Å². The second-order valence-electron chi connectivity index (χ2n) is 8.23. The molecule has 0 spiro atoms. The average Bonchev–Trinajstić information content (AvgIpc) is 3.16. The minimum atomic E-state index is -0.871. The van der Waals surface area contributed by atoms with E-state index in [1.807, 2.05) is 24.3 Å². The highest BCUT2D eigenvalue weighted by Gasteiger charge is 2.29. The van der Waals surface area contributed by atoms with E-state index in [1.54, 1.807) is 37.4 Å². The van der Waals surface area contributed by atoms with E-state index in [0.29, 0.717) is 40.2 Å². The van der Waals surface area contributed by atoms with Crippen LogP contribution in [0.1, 0.15) is 30.0 Å². The molecule has 3 N–H and O–H groups in total. The van der Waals surface area contributed by atoms with Crippen molar-refractivity contribution >= 4 is 46.1 Å². The Morgan fingerprint density at radius 3 is 2.34 bits per heavy atom. The van der Waals surface area contributed by atoms with Gasteiger partial charge in [0.2, 0.25) is 5.91 Å². The number of carbonyl (C=O) groups is 3. The van der Waals surface area contributed by atoms with Crippen LogP contribution in [0.25, 0.3) is 11.3 Å². The SMILES string of the molecule is CC(=O)N(C)c1ccc(N/C(=C2\C(=O)Nc3cc(F)ccc32)c2ccc(CCC(=O)O)cc2)cc1. The summed E-state index contributed by atoms with van der Waals surface area (Å²) in [7, 11) is 1.68. The summed E-state index contributed by atoms with van der Waals surface area (Å²) in [4.78, 5) is 37.0. The van der Waals surface area contributed by atoms with Crippen molar-refractivity contribution in [3.05, 3.63) is 89.2 Å². The topological polar surface area (TPSA) is 98.7 Å². The average molecular weight is 474 g/mol. The van der Waals surface area contributed by atoms with Gasteiger partial charge in [0.05, 0.1) is 17.0 Å². The van der Waals surface area contributed by atoms with Gasteiger partial charge in [0.1, 0.15) is 5.82 Å². The van der Waals surface area contributed by atoms with Crippen molar-refractivity contribution < 1.29 is 23.9 Å². The maximum Gasteiger partial charge on any atom is 0.303 e. The molecule has 0 radical (unpaired) electrons.